The lowest BCUT2D eigenvalue weighted by molar-refractivity contribution is -0.124. The largest absolute Gasteiger partial charge is 0.493 e. The fourth-order valence-electron chi connectivity index (χ4n) is 2.67. The molecule has 1 amide bonds. The van der Waals surface area contributed by atoms with E-state index in [9.17, 15) is 13.2 Å². The van der Waals surface area contributed by atoms with Crippen LogP contribution in [0.15, 0.2) is 47.4 Å². The number of benzene rings is 2. The molecule has 27 heavy (non-hydrogen) atoms. The molecule has 0 aliphatic carbocycles. The van der Waals surface area contributed by atoms with Crippen molar-refractivity contribution in [2.75, 3.05) is 20.5 Å². The van der Waals surface area contributed by atoms with Crippen LogP contribution in [0.2, 0.25) is 0 Å². The molecule has 0 saturated carbocycles. The Labute approximate surface area is 160 Å². The van der Waals surface area contributed by atoms with Gasteiger partial charge in [-0.15, -0.1) is 0 Å². The zero-order valence-corrected chi connectivity index (χ0v) is 16.8. The van der Waals surface area contributed by atoms with Gasteiger partial charge in [-0.25, -0.2) is 8.42 Å². The molecule has 0 aliphatic rings. The van der Waals surface area contributed by atoms with Gasteiger partial charge in [0.25, 0.3) is 0 Å². The average molecular weight is 391 g/mol. The first-order valence-electron chi connectivity index (χ1n) is 8.52. The van der Waals surface area contributed by atoms with Gasteiger partial charge in [0.1, 0.15) is 0 Å². The Morgan fingerprint density at radius 3 is 2.15 bits per heavy atom. The quantitative estimate of drug-likeness (QED) is 0.748. The van der Waals surface area contributed by atoms with Crippen molar-refractivity contribution in [3.8, 4) is 11.5 Å². The minimum absolute atomic E-state index is 0.0722. The van der Waals surface area contributed by atoms with Crippen LogP contribution < -0.4 is 14.8 Å². The van der Waals surface area contributed by atoms with Crippen molar-refractivity contribution >= 4 is 15.7 Å². The molecule has 2 aromatic rings. The molecule has 2 rings (SSSR count). The van der Waals surface area contributed by atoms with E-state index in [-0.39, 0.29) is 16.7 Å². The molecule has 1 atom stereocenters. The molecule has 2 aromatic carbocycles. The van der Waals surface area contributed by atoms with Gasteiger partial charge in [-0.05, 0) is 41.8 Å². The molecule has 0 aromatic heterocycles. The Bertz CT molecular complexity index is 891. The van der Waals surface area contributed by atoms with Crippen LogP contribution in [-0.4, -0.2) is 34.8 Å². The predicted molar refractivity (Wildman–Crippen MR) is 104 cm³/mol. The summed E-state index contributed by atoms with van der Waals surface area (Å²) in [6.07, 6.45) is 1.73. The van der Waals surface area contributed by atoms with E-state index in [1.807, 2.05) is 25.1 Å². The number of nitrogens with one attached hydrogen (secondary N) is 1. The third kappa shape index (κ3) is 5.72. The van der Waals surface area contributed by atoms with Gasteiger partial charge in [-0.2, -0.15) is 0 Å². The average Bonchev–Trinajstić information content (AvgIpc) is 2.65. The summed E-state index contributed by atoms with van der Waals surface area (Å²) in [6.45, 7) is 2.21. The fourth-order valence-corrected chi connectivity index (χ4v) is 3.30. The van der Waals surface area contributed by atoms with Gasteiger partial charge >= 0.3 is 0 Å². The summed E-state index contributed by atoms with van der Waals surface area (Å²) in [6, 6.07) is 12.1. The third-order valence-electron chi connectivity index (χ3n) is 4.26. The van der Waals surface area contributed by atoms with Gasteiger partial charge in [0.15, 0.2) is 21.3 Å². The Kier molecular flexibility index (Phi) is 6.85. The summed E-state index contributed by atoms with van der Waals surface area (Å²) in [4.78, 5) is 12.6. The maximum Gasteiger partial charge on any atom is 0.223 e. The third-order valence-corrected chi connectivity index (χ3v) is 5.38. The lowest BCUT2D eigenvalue weighted by atomic mass is 10.00. The summed E-state index contributed by atoms with van der Waals surface area (Å²) < 4.78 is 33.5. The molecule has 146 valence electrons. The summed E-state index contributed by atoms with van der Waals surface area (Å²) in [5.41, 5.74) is 1.82. The van der Waals surface area contributed by atoms with Crippen LogP contribution in [0.5, 0.6) is 11.5 Å². The van der Waals surface area contributed by atoms with Gasteiger partial charge in [-0.1, -0.05) is 25.1 Å². The monoisotopic (exact) mass is 391 g/mol. The van der Waals surface area contributed by atoms with Crippen LogP contribution in [0.3, 0.4) is 0 Å². The number of ether oxygens (including phenoxy) is 2. The zero-order chi connectivity index (χ0) is 20.0. The Hall–Kier alpha value is -2.54. The molecule has 0 saturated heterocycles. The number of carbonyl (C=O) groups is 1. The van der Waals surface area contributed by atoms with Crippen LogP contribution in [-0.2, 0) is 27.6 Å². The molecule has 7 heteroatoms. The molecule has 0 fully saturated rings. The summed E-state index contributed by atoms with van der Waals surface area (Å²) in [7, 11) is -0.0606. The summed E-state index contributed by atoms with van der Waals surface area (Å²) >= 11 is 0. The zero-order valence-electron chi connectivity index (χ0n) is 16.0. The molecule has 1 unspecified atom stereocenters. The van der Waals surface area contributed by atoms with E-state index in [1.54, 1.807) is 38.5 Å². The standard InChI is InChI=1S/C20H25NO5S/c1-14(11-16-7-10-18(25-2)19(12-16)26-3)20(22)21-13-15-5-8-17(9-6-15)27(4,23)24/h5-10,12,14H,11,13H2,1-4H3,(H,21,22). The number of amides is 1. The highest BCUT2D eigenvalue weighted by Crippen LogP contribution is 2.28. The Balaban J connectivity index is 1.94. The smallest absolute Gasteiger partial charge is 0.223 e. The SMILES string of the molecule is COc1ccc(CC(C)C(=O)NCc2ccc(S(C)(=O)=O)cc2)cc1OC. The molecule has 0 aliphatic heterocycles. The molecule has 0 spiro atoms. The van der Waals surface area contributed by atoms with Gasteiger partial charge in [-0.3, -0.25) is 4.79 Å². The van der Waals surface area contributed by atoms with Crippen molar-refractivity contribution in [2.24, 2.45) is 5.92 Å². The van der Waals surface area contributed by atoms with E-state index < -0.39 is 9.84 Å². The highest BCUT2D eigenvalue weighted by Gasteiger charge is 2.15. The maximum absolute atomic E-state index is 12.4. The molecular formula is C20H25NO5S. The second-order valence-corrected chi connectivity index (χ2v) is 8.44. The van der Waals surface area contributed by atoms with Crippen molar-refractivity contribution in [1.29, 1.82) is 0 Å². The minimum Gasteiger partial charge on any atom is -0.493 e. The number of carbonyl (C=O) groups excluding carboxylic acids is 1. The molecule has 1 N–H and O–H groups in total. The van der Waals surface area contributed by atoms with E-state index in [4.69, 9.17) is 9.47 Å². The van der Waals surface area contributed by atoms with E-state index in [1.165, 1.54) is 6.26 Å². The second kappa shape index (κ2) is 8.90. The van der Waals surface area contributed by atoms with E-state index >= 15 is 0 Å². The Morgan fingerprint density at radius 1 is 1.00 bits per heavy atom. The van der Waals surface area contributed by atoms with Gasteiger partial charge in [0.2, 0.25) is 5.91 Å². The maximum atomic E-state index is 12.4. The number of sulfone groups is 1. The highest BCUT2D eigenvalue weighted by molar-refractivity contribution is 7.90. The van der Waals surface area contributed by atoms with Gasteiger partial charge in [0.05, 0.1) is 19.1 Å². The Morgan fingerprint density at radius 2 is 1.59 bits per heavy atom. The topological polar surface area (TPSA) is 81.7 Å². The first-order valence-corrected chi connectivity index (χ1v) is 10.4. The number of hydrogen-bond acceptors (Lipinski definition) is 5. The summed E-state index contributed by atoms with van der Waals surface area (Å²) in [5, 5.41) is 2.88. The van der Waals surface area contributed by atoms with Crippen LogP contribution in [0, 0.1) is 5.92 Å². The fraction of sp³-hybridized carbons (Fsp3) is 0.350. The van der Waals surface area contributed by atoms with Crippen molar-refractivity contribution in [1.82, 2.24) is 5.32 Å². The number of hydrogen-bond donors (Lipinski definition) is 1. The number of rotatable bonds is 8. The minimum atomic E-state index is -3.22. The molecule has 0 heterocycles. The van der Waals surface area contributed by atoms with Crippen LogP contribution in [0.4, 0.5) is 0 Å². The first kappa shape index (κ1) is 20.8. The summed E-state index contributed by atoms with van der Waals surface area (Å²) in [5.74, 6) is 0.986. The predicted octanol–water partition coefficient (Wildman–Crippen LogP) is 2.60. The first-order chi connectivity index (χ1) is 12.7. The van der Waals surface area contributed by atoms with Crippen molar-refractivity contribution in [2.45, 2.75) is 24.8 Å². The van der Waals surface area contributed by atoms with Crippen LogP contribution in [0.1, 0.15) is 18.1 Å². The second-order valence-electron chi connectivity index (χ2n) is 6.43. The van der Waals surface area contributed by atoms with E-state index in [2.05, 4.69) is 5.32 Å². The van der Waals surface area contributed by atoms with Crippen molar-refractivity contribution in [3.05, 3.63) is 53.6 Å². The van der Waals surface area contributed by atoms with Gasteiger partial charge < -0.3 is 14.8 Å². The van der Waals surface area contributed by atoms with E-state index in [0.717, 1.165) is 11.1 Å². The lowest BCUT2D eigenvalue weighted by Gasteiger charge is -2.14. The van der Waals surface area contributed by atoms with Gasteiger partial charge in [0, 0.05) is 18.7 Å². The van der Waals surface area contributed by atoms with Crippen LogP contribution >= 0.6 is 0 Å². The van der Waals surface area contributed by atoms with Crippen molar-refractivity contribution < 1.29 is 22.7 Å². The van der Waals surface area contributed by atoms with Crippen LogP contribution in [0.25, 0.3) is 0 Å². The van der Waals surface area contributed by atoms with Crippen molar-refractivity contribution in [3.63, 3.8) is 0 Å². The van der Waals surface area contributed by atoms with E-state index in [0.29, 0.717) is 24.5 Å². The highest BCUT2D eigenvalue weighted by atomic mass is 32.2. The molecule has 0 radical (unpaired) electrons. The normalized spacial score (nSPS) is 12.3. The molecular weight excluding hydrogens is 366 g/mol. The molecule has 6 nitrogen and oxygen atoms in total. The molecule has 0 bridgehead atoms. The number of methoxy groups -OCH3 is 2. The lowest BCUT2D eigenvalue weighted by Crippen LogP contribution is -2.29.